The minimum atomic E-state index is -0.187. The molecule has 114 valence electrons. The van der Waals surface area contributed by atoms with Crippen LogP contribution in [0, 0.1) is 11.3 Å². The number of hydrogen-bond acceptors (Lipinski definition) is 5. The molecule has 0 radical (unpaired) electrons. The maximum Gasteiger partial charge on any atom is 0.232 e. The van der Waals surface area contributed by atoms with Gasteiger partial charge in [-0.15, -0.1) is 10.2 Å². The zero-order valence-corrected chi connectivity index (χ0v) is 13.8. The lowest BCUT2D eigenvalue weighted by Crippen LogP contribution is -2.22. The van der Waals surface area contributed by atoms with Crippen LogP contribution in [0.25, 0.3) is 5.69 Å². The number of halogens is 1. The van der Waals surface area contributed by atoms with Crippen LogP contribution in [-0.4, -0.2) is 33.1 Å². The molecular formula is C15H16ClN5S. The van der Waals surface area contributed by atoms with Gasteiger partial charge in [0.2, 0.25) is 5.95 Å². The van der Waals surface area contributed by atoms with Crippen LogP contribution in [0.2, 0.25) is 5.02 Å². The molecule has 1 aromatic carbocycles. The van der Waals surface area contributed by atoms with E-state index in [0.717, 1.165) is 29.9 Å². The summed E-state index contributed by atoms with van der Waals surface area (Å²) in [6.07, 6.45) is 2.33. The fourth-order valence-electron chi connectivity index (χ4n) is 2.49. The maximum absolute atomic E-state index is 9.06. The predicted molar refractivity (Wildman–Crippen MR) is 88.7 cm³/mol. The van der Waals surface area contributed by atoms with Crippen molar-refractivity contribution in [3.05, 3.63) is 29.3 Å². The fraction of sp³-hybridized carbons (Fsp3) is 0.400. The Bertz CT molecular complexity index is 702. The van der Waals surface area contributed by atoms with E-state index < -0.39 is 0 Å². The Hall–Kier alpha value is -1.71. The number of thioether (sulfide) groups is 1. The highest BCUT2D eigenvalue weighted by Gasteiger charge is 2.23. The molecule has 1 fully saturated rings. The molecule has 1 aromatic heterocycles. The number of nitriles is 1. The monoisotopic (exact) mass is 333 g/mol. The topological polar surface area (TPSA) is 57.7 Å². The van der Waals surface area contributed by atoms with Crippen molar-refractivity contribution < 1.29 is 0 Å². The molecule has 1 atom stereocenters. The van der Waals surface area contributed by atoms with E-state index in [1.54, 1.807) is 0 Å². The SMILES string of the molecule is CC(C#N)Sc1nnc(N2CCCC2)n1-c1cccc(Cl)c1. The van der Waals surface area contributed by atoms with Crippen LogP contribution in [0.3, 0.4) is 0 Å². The molecule has 7 heteroatoms. The van der Waals surface area contributed by atoms with Crippen molar-refractivity contribution in [2.75, 3.05) is 18.0 Å². The second-order valence-electron chi connectivity index (χ2n) is 5.18. The van der Waals surface area contributed by atoms with Crippen molar-refractivity contribution in [1.82, 2.24) is 14.8 Å². The first-order valence-corrected chi connectivity index (χ1v) is 8.47. The van der Waals surface area contributed by atoms with Crippen LogP contribution in [0.5, 0.6) is 0 Å². The predicted octanol–water partition coefficient (Wildman–Crippen LogP) is 3.53. The standard InChI is InChI=1S/C15H16ClN5S/c1-11(10-17)22-15-19-18-14(20-7-2-3-8-20)21(15)13-6-4-5-12(16)9-13/h4-6,9,11H,2-3,7-8H2,1H3. The average molecular weight is 334 g/mol. The Kier molecular flexibility index (Phi) is 4.55. The first kappa shape index (κ1) is 15.2. The van der Waals surface area contributed by atoms with Crippen molar-refractivity contribution in [3.63, 3.8) is 0 Å². The van der Waals surface area contributed by atoms with Crippen molar-refractivity contribution in [3.8, 4) is 11.8 Å². The number of rotatable bonds is 4. The summed E-state index contributed by atoms with van der Waals surface area (Å²) in [6, 6.07) is 9.85. The molecule has 0 amide bonds. The maximum atomic E-state index is 9.06. The van der Waals surface area contributed by atoms with Crippen molar-refractivity contribution in [2.45, 2.75) is 30.2 Å². The second-order valence-corrected chi connectivity index (χ2v) is 6.93. The van der Waals surface area contributed by atoms with Crippen molar-refractivity contribution in [2.24, 2.45) is 0 Å². The van der Waals surface area contributed by atoms with Crippen molar-refractivity contribution >= 4 is 29.3 Å². The Morgan fingerprint density at radius 3 is 2.77 bits per heavy atom. The van der Waals surface area contributed by atoms with Gasteiger partial charge in [0, 0.05) is 18.1 Å². The van der Waals surface area contributed by atoms with Crippen molar-refractivity contribution in [1.29, 1.82) is 5.26 Å². The van der Waals surface area contributed by atoms with Crippen LogP contribution >= 0.6 is 23.4 Å². The molecule has 0 N–H and O–H groups in total. The van der Waals surface area contributed by atoms with E-state index in [0.29, 0.717) is 5.02 Å². The molecule has 0 aliphatic carbocycles. The summed E-state index contributed by atoms with van der Waals surface area (Å²) >= 11 is 7.54. The summed E-state index contributed by atoms with van der Waals surface area (Å²) in [5.41, 5.74) is 0.923. The molecule has 22 heavy (non-hydrogen) atoms. The van der Waals surface area contributed by atoms with Crippen LogP contribution in [0.15, 0.2) is 29.4 Å². The highest BCUT2D eigenvalue weighted by Crippen LogP contribution is 2.31. The summed E-state index contributed by atoms with van der Waals surface area (Å²) in [7, 11) is 0. The number of hydrogen-bond donors (Lipinski definition) is 0. The van der Waals surface area contributed by atoms with E-state index in [2.05, 4.69) is 21.2 Å². The zero-order valence-electron chi connectivity index (χ0n) is 12.2. The number of benzene rings is 1. The molecule has 2 aromatic rings. The Morgan fingerprint density at radius 2 is 2.09 bits per heavy atom. The van der Waals surface area contributed by atoms with Gasteiger partial charge in [-0.25, -0.2) is 0 Å². The summed E-state index contributed by atoms with van der Waals surface area (Å²) in [5, 5.41) is 18.9. The zero-order chi connectivity index (χ0) is 15.5. The molecule has 1 saturated heterocycles. The van der Waals surface area contributed by atoms with E-state index in [4.69, 9.17) is 16.9 Å². The van der Waals surface area contributed by atoms with Gasteiger partial charge in [-0.3, -0.25) is 4.57 Å². The quantitative estimate of drug-likeness (QED) is 0.801. The number of anilines is 1. The molecule has 5 nitrogen and oxygen atoms in total. The average Bonchev–Trinajstić information content (AvgIpc) is 3.15. The third-order valence-corrected chi connectivity index (χ3v) is 4.70. The second kappa shape index (κ2) is 6.59. The summed E-state index contributed by atoms with van der Waals surface area (Å²) in [6.45, 7) is 3.82. The first-order valence-electron chi connectivity index (χ1n) is 7.21. The Morgan fingerprint density at radius 1 is 1.32 bits per heavy atom. The lowest BCUT2D eigenvalue weighted by molar-refractivity contribution is 0.840. The molecule has 1 aliphatic rings. The number of aromatic nitrogens is 3. The molecule has 1 unspecified atom stereocenters. The van der Waals surface area contributed by atoms with Gasteiger partial charge in [0.25, 0.3) is 0 Å². The smallest absolute Gasteiger partial charge is 0.232 e. The van der Waals surface area contributed by atoms with Gasteiger partial charge in [0.15, 0.2) is 5.16 Å². The van der Waals surface area contributed by atoms with E-state index in [9.17, 15) is 0 Å². The lowest BCUT2D eigenvalue weighted by Gasteiger charge is -2.18. The molecule has 0 spiro atoms. The van der Waals surface area contributed by atoms with Gasteiger partial charge in [-0.1, -0.05) is 29.4 Å². The first-order chi connectivity index (χ1) is 10.7. The number of nitrogens with zero attached hydrogens (tertiary/aromatic N) is 5. The molecular weight excluding hydrogens is 318 g/mol. The van der Waals surface area contributed by atoms with Gasteiger partial charge in [0.1, 0.15) is 0 Å². The highest BCUT2D eigenvalue weighted by molar-refractivity contribution is 8.00. The highest BCUT2D eigenvalue weighted by atomic mass is 35.5. The molecule has 2 heterocycles. The van der Waals surface area contributed by atoms with E-state index in [1.807, 2.05) is 35.8 Å². The van der Waals surface area contributed by atoms with E-state index in [-0.39, 0.29) is 5.25 Å². The summed E-state index contributed by atoms with van der Waals surface area (Å²) < 4.78 is 2.00. The normalized spacial score (nSPS) is 15.8. The molecule has 1 aliphatic heterocycles. The third kappa shape index (κ3) is 3.06. The Labute approximate surface area is 138 Å². The molecule has 3 rings (SSSR count). The van der Waals surface area contributed by atoms with Crippen LogP contribution in [0.1, 0.15) is 19.8 Å². The van der Waals surface area contributed by atoms with Gasteiger partial charge in [-0.05, 0) is 38.0 Å². The summed E-state index contributed by atoms with van der Waals surface area (Å²) in [4.78, 5) is 2.23. The van der Waals surface area contributed by atoms with Crippen LogP contribution in [0.4, 0.5) is 5.95 Å². The van der Waals surface area contributed by atoms with Crippen LogP contribution in [-0.2, 0) is 0 Å². The Balaban J connectivity index is 2.06. The molecule has 0 saturated carbocycles. The molecule has 0 bridgehead atoms. The van der Waals surface area contributed by atoms with Gasteiger partial charge in [-0.2, -0.15) is 5.26 Å². The fourth-order valence-corrected chi connectivity index (χ4v) is 3.42. The van der Waals surface area contributed by atoms with Gasteiger partial charge >= 0.3 is 0 Å². The minimum absolute atomic E-state index is 0.187. The van der Waals surface area contributed by atoms with E-state index in [1.165, 1.54) is 24.6 Å². The van der Waals surface area contributed by atoms with Gasteiger partial charge in [0.05, 0.1) is 17.0 Å². The largest absolute Gasteiger partial charge is 0.341 e. The summed E-state index contributed by atoms with van der Waals surface area (Å²) in [5.74, 6) is 0.826. The van der Waals surface area contributed by atoms with Crippen LogP contribution < -0.4 is 4.90 Å². The minimum Gasteiger partial charge on any atom is -0.341 e. The van der Waals surface area contributed by atoms with E-state index >= 15 is 0 Å². The third-order valence-electron chi connectivity index (χ3n) is 3.54. The lowest BCUT2D eigenvalue weighted by atomic mass is 10.3. The van der Waals surface area contributed by atoms with Gasteiger partial charge < -0.3 is 4.90 Å².